The molecule has 1 aliphatic carbocycles. The van der Waals surface area contributed by atoms with Crippen molar-refractivity contribution < 1.29 is 19.4 Å². The lowest BCUT2D eigenvalue weighted by Gasteiger charge is -2.42. The SMILES string of the molecule is CC(C)(C)OC(=O)C1CCCCC1(CN)CC(=O)O. The zero-order valence-corrected chi connectivity index (χ0v) is 12.1. The van der Waals surface area contributed by atoms with Crippen LogP contribution in [0.5, 0.6) is 0 Å². The zero-order valence-electron chi connectivity index (χ0n) is 12.1. The summed E-state index contributed by atoms with van der Waals surface area (Å²) < 4.78 is 5.43. The summed E-state index contributed by atoms with van der Waals surface area (Å²) in [5, 5.41) is 9.09. The van der Waals surface area contributed by atoms with Crippen molar-refractivity contribution in [2.24, 2.45) is 17.1 Å². The van der Waals surface area contributed by atoms with E-state index in [1.165, 1.54) is 0 Å². The smallest absolute Gasteiger partial charge is 0.310 e. The van der Waals surface area contributed by atoms with Crippen molar-refractivity contribution in [1.29, 1.82) is 0 Å². The molecule has 0 bridgehead atoms. The zero-order chi connectivity index (χ0) is 14.7. The maximum Gasteiger partial charge on any atom is 0.310 e. The molecule has 1 fully saturated rings. The number of esters is 1. The van der Waals surface area contributed by atoms with Gasteiger partial charge in [0.25, 0.3) is 0 Å². The molecule has 1 rings (SSSR count). The molecule has 1 saturated carbocycles. The first-order chi connectivity index (χ1) is 8.70. The highest BCUT2D eigenvalue weighted by atomic mass is 16.6. The van der Waals surface area contributed by atoms with E-state index in [1.54, 1.807) is 0 Å². The van der Waals surface area contributed by atoms with Gasteiger partial charge in [0.1, 0.15) is 5.60 Å². The van der Waals surface area contributed by atoms with Crippen molar-refractivity contribution in [3.63, 3.8) is 0 Å². The summed E-state index contributed by atoms with van der Waals surface area (Å²) in [4.78, 5) is 23.4. The Morgan fingerprint density at radius 3 is 2.47 bits per heavy atom. The van der Waals surface area contributed by atoms with Crippen molar-refractivity contribution in [3.8, 4) is 0 Å². The molecule has 0 radical (unpaired) electrons. The molecule has 0 aromatic rings. The van der Waals surface area contributed by atoms with E-state index in [4.69, 9.17) is 15.6 Å². The van der Waals surface area contributed by atoms with Crippen molar-refractivity contribution in [3.05, 3.63) is 0 Å². The molecule has 3 N–H and O–H groups in total. The summed E-state index contributed by atoms with van der Waals surface area (Å²) in [6.45, 7) is 5.66. The Kier molecular flexibility index (Phi) is 4.96. The number of carboxylic acids is 1. The molecule has 0 aliphatic heterocycles. The molecule has 1 aliphatic rings. The molecule has 0 amide bonds. The lowest BCUT2D eigenvalue weighted by molar-refractivity contribution is -0.168. The number of ether oxygens (including phenoxy) is 1. The predicted molar refractivity (Wildman–Crippen MR) is 71.5 cm³/mol. The Morgan fingerprint density at radius 2 is 2.00 bits per heavy atom. The third kappa shape index (κ3) is 4.20. The van der Waals surface area contributed by atoms with Gasteiger partial charge in [-0.1, -0.05) is 12.8 Å². The fraction of sp³-hybridized carbons (Fsp3) is 0.857. The Hall–Kier alpha value is -1.10. The van der Waals surface area contributed by atoms with Crippen LogP contribution in [0.2, 0.25) is 0 Å². The van der Waals surface area contributed by atoms with Crippen LogP contribution in [0.25, 0.3) is 0 Å². The lowest BCUT2D eigenvalue weighted by Crippen LogP contribution is -2.47. The van der Waals surface area contributed by atoms with E-state index in [0.29, 0.717) is 12.8 Å². The van der Waals surface area contributed by atoms with Crippen LogP contribution in [0, 0.1) is 11.3 Å². The topological polar surface area (TPSA) is 89.6 Å². The Morgan fingerprint density at radius 1 is 1.37 bits per heavy atom. The van der Waals surface area contributed by atoms with Crippen LogP contribution in [0.3, 0.4) is 0 Å². The Labute approximate surface area is 114 Å². The van der Waals surface area contributed by atoms with E-state index >= 15 is 0 Å². The van der Waals surface area contributed by atoms with E-state index in [2.05, 4.69) is 0 Å². The molecule has 0 heterocycles. The van der Waals surface area contributed by atoms with Crippen LogP contribution in [-0.4, -0.2) is 29.2 Å². The number of carbonyl (C=O) groups excluding carboxylic acids is 1. The summed E-state index contributed by atoms with van der Waals surface area (Å²) >= 11 is 0. The van der Waals surface area contributed by atoms with Crippen molar-refractivity contribution in [1.82, 2.24) is 0 Å². The standard InChI is InChI=1S/C14H25NO4/c1-13(2,3)19-12(18)10-6-4-5-7-14(10,9-15)8-11(16)17/h10H,4-9,15H2,1-3H3,(H,16,17). The second kappa shape index (κ2) is 5.90. The normalized spacial score (nSPS) is 27.9. The van der Waals surface area contributed by atoms with Crippen LogP contribution in [0.15, 0.2) is 0 Å². The summed E-state index contributed by atoms with van der Waals surface area (Å²) in [6, 6.07) is 0. The Bertz CT molecular complexity index is 348. The minimum Gasteiger partial charge on any atom is -0.481 e. The van der Waals surface area contributed by atoms with Gasteiger partial charge < -0.3 is 15.6 Å². The van der Waals surface area contributed by atoms with E-state index in [9.17, 15) is 9.59 Å². The second-order valence-corrected chi connectivity index (χ2v) is 6.47. The van der Waals surface area contributed by atoms with E-state index in [1.807, 2.05) is 20.8 Å². The summed E-state index contributed by atoms with van der Waals surface area (Å²) in [6.07, 6.45) is 3.13. The number of aliphatic carboxylic acids is 1. The monoisotopic (exact) mass is 271 g/mol. The number of carboxylic acid groups (broad SMARTS) is 1. The van der Waals surface area contributed by atoms with Crippen LogP contribution in [0.4, 0.5) is 0 Å². The van der Waals surface area contributed by atoms with Gasteiger partial charge in [0.05, 0.1) is 12.3 Å². The molecule has 0 saturated heterocycles. The highest BCUT2D eigenvalue weighted by Gasteiger charge is 2.46. The van der Waals surface area contributed by atoms with Gasteiger partial charge in [0, 0.05) is 5.41 Å². The second-order valence-electron chi connectivity index (χ2n) is 6.47. The van der Waals surface area contributed by atoms with Gasteiger partial charge in [-0.15, -0.1) is 0 Å². The minimum atomic E-state index is -0.902. The molecule has 5 nitrogen and oxygen atoms in total. The van der Waals surface area contributed by atoms with Crippen LogP contribution in [0.1, 0.15) is 52.9 Å². The first kappa shape index (κ1) is 16.0. The molecule has 5 heteroatoms. The quantitative estimate of drug-likeness (QED) is 0.763. The molecular formula is C14H25NO4. The average Bonchev–Trinajstić information content (AvgIpc) is 2.26. The van der Waals surface area contributed by atoms with Crippen LogP contribution >= 0.6 is 0 Å². The molecule has 0 spiro atoms. The number of carbonyl (C=O) groups is 2. The van der Waals surface area contributed by atoms with Crippen LogP contribution in [-0.2, 0) is 14.3 Å². The van der Waals surface area contributed by atoms with E-state index in [0.717, 1.165) is 12.8 Å². The molecule has 2 unspecified atom stereocenters. The van der Waals surface area contributed by atoms with Gasteiger partial charge in [-0.05, 0) is 40.2 Å². The Balaban J connectivity index is 2.92. The van der Waals surface area contributed by atoms with Gasteiger partial charge in [-0.2, -0.15) is 0 Å². The third-order valence-corrected chi connectivity index (χ3v) is 3.76. The predicted octanol–water partition coefficient (Wildman–Crippen LogP) is 1.94. The minimum absolute atomic E-state index is 0.0621. The molecule has 19 heavy (non-hydrogen) atoms. The van der Waals surface area contributed by atoms with Crippen molar-refractivity contribution in [2.75, 3.05) is 6.54 Å². The molecule has 110 valence electrons. The summed E-state index contributed by atoms with van der Waals surface area (Å²) in [5.74, 6) is -1.61. The fourth-order valence-corrected chi connectivity index (χ4v) is 2.88. The van der Waals surface area contributed by atoms with Crippen molar-refractivity contribution in [2.45, 2.75) is 58.5 Å². The maximum absolute atomic E-state index is 12.3. The van der Waals surface area contributed by atoms with Gasteiger partial charge in [0.2, 0.25) is 0 Å². The third-order valence-electron chi connectivity index (χ3n) is 3.76. The van der Waals surface area contributed by atoms with Gasteiger partial charge in [-0.25, -0.2) is 0 Å². The molecule has 2 atom stereocenters. The number of nitrogens with two attached hydrogens (primary N) is 1. The molecule has 0 aromatic carbocycles. The summed E-state index contributed by atoms with van der Waals surface area (Å²) in [5.41, 5.74) is 4.60. The summed E-state index contributed by atoms with van der Waals surface area (Å²) in [7, 11) is 0. The number of hydrogen-bond acceptors (Lipinski definition) is 4. The van der Waals surface area contributed by atoms with Gasteiger partial charge >= 0.3 is 11.9 Å². The molecular weight excluding hydrogens is 246 g/mol. The largest absolute Gasteiger partial charge is 0.481 e. The number of hydrogen-bond donors (Lipinski definition) is 2. The van der Waals surface area contributed by atoms with Gasteiger partial charge in [0.15, 0.2) is 0 Å². The highest BCUT2D eigenvalue weighted by molar-refractivity contribution is 5.76. The lowest BCUT2D eigenvalue weighted by atomic mass is 9.64. The van der Waals surface area contributed by atoms with Crippen LogP contribution < -0.4 is 5.73 Å². The highest BCUT2D eigenvalue weighted by Crippen LogP contribution is 2.44. The van der Waals surface area contributed by atoms with E-state index in [-0.39, 0.29) is 18.9 Å². The maximum atomic E-state index is 12.3. The first-order valence-electron chi connectivity index (χ1n) is 6.85. The van der Waals surface area contributed by atoms with Gasteiger partial charge in [-0.3, -0.25) is 9.59 Å². The number of rotatable bonds is 4. The van der Waals surface area contributed by atoms with E-state index < -0.39 is 22.9 Å². The van der Waals surface area contributed by atoms with Crippen molar-refractivity contribution >= 4 is 11.9 Å². The molecule has 0 aromatic heterocycles. The fourth-order valence-electron chi connectivity index (χ4n) is 2.88. The average molecular weight is 271 g/mol. The first-order valence-corrected chi connectivity index (χ1v) is 6.85.